The Labute approximate surface area is 111 Å². The van der Waals surface area contributed by atoms with Crippen molar-refractivity contribution in [1.82, 2.24) is 9.55 Å². The Balaban J connectivity index is 2.37. The van der Waals surface area contributed by atoms with Crippen molar-refractivity contribution >= 4 is 17.0 Å². The van der Waals surface area contributed by atoms with Crippen molar-refractivity contribution in [3.63, 3.8) is 0 Å². The summed E-state index contributed by atoms with van der Waals surface area (Å²) in [4.78, 5) is 15.5. The Hall–Kier alpha value is -1.88. The summed E-state index contributed by atoms with van der Waals surface area (Å²) < 4.78 is 6.89. The minimum absolute atomic E-state index is 0.0600. The number of hydrogen-bond donors (Lipinski definition) is 1. The second kappa shape index (κ2) is 5.84. The molecule has 0 saturated carbocycles. The van der Waals surface area contributed by atoms with Gasteiger partial charge in [-0.25, -0.2) is 4.98 Å². The van der Waals surface area contributed by atoms with Crippen LogP contribution in [0, 0.1) is 5.92 Å². The zero-order chi connectivity index (χ0) is 13.8. The molecule has 0 spiro atoms. The number of methoxy groups -OCH3 is 1. The van der Waals surface area contributed by atoms with Crippen LogP contribution < -0.4 is 0 Å². The smallest absolute Gasteiger partial charge is 0.323 e. The van der Waals surface area contributed by atoms with E-state index in [2.05, 4.69) is 11.9 Å². The molecule has 102 valence electrons. The van der Waals surface area contributed by atoms with Crippen molar-refractivity contribution in [2.45, 2.75) is 19.9 Å². The fourth-order valence-electron chi connectivity index (χ4n) is 2.25. The topological polar surface area (TPSA) is 64.4 Å². The first-order valence-corrected chi connectivity index (χ1v) is 6.26. The van der Waals surface area contributed by atoms with Crippen molar-refractivity contribution < 1.29 is 14.6 Å². The fourth-order valence-corrected chi connectivity index (χ4v) is 2.25. The second-order valence-electron chi connectivity index (χ2n) is 4.76. The molecule has 1 N–H and O–H groups in total. The van der Waals surface area contributed by atoms with E-state index in [1.807, 2.05) is 24.3 Å². The molecule has 0 aliphatic rings. The maximum absolute atomic E-state index is 11.0. The molecule has 2 rings (SSSR count). The summed E-state index contributed by atoms with van der Waals surface area (Å²) in [5, 5.41) is 9.03. The lowest BCUT2D eigenvalue weighted by Gasteiger charge is -2.11. The predicted molar refractivity (Wildman–Crippen MR) is 72.1 cm³/mol. The van der Waals surface area contributed by atoms with Crippen LogP contribution in [-0.4, -0.2) is 34.3 Å². The number of carboxylic acid groups (broad SMARTS) is 1. The van der Waals surface area contributed by atoms with E-state index in [4.69, 9.17) is 9.84 Å². The molecule has 1 unspecified atom stereocenters. The number of aromatic nitrogens is 2. The summed E-state index contributed by atoms with van der Waals surface area (Å²) in [6, 6.07) is 7.60. The van der Waals surface area contributed by atoms with Gasteiger partial charge in [0.25, 0.3) is 0 Å². The molecule has 2 aromatic rings. The van der Waals surface area contributed by atoms with Crippen LogP contribution >= 0.6 is 0 Å². The maximum atomic E-state index is 11.0. The first kappa shape index (κ1) is 13.5. The highest BCUT2D eigenvalue weighted by Crippen LogP contribution is 2.18. The molecule has 0 fully saturated rings. The number of carboxylic acids is 1. The van der Waals surface area contributed by atoms with E-state index in [0.29, 0.717) is 18.9 Å². The van der Waals surface area contributed by atoms with Crippen LogP contribution in [0.4, 0.5) is 0 Å². The van der Waals surface area contributed by atoms with Gasteiger partial charge in [0.2, 0.25) is 0 Å². The van der Waals surface area contributed by atoms with Crippen LogP contribution in [0.25, 0.3) is 11.0 Å². The third kappa shape index (κ3) is 3.12. The standard InChI is InChI=1S/C14H18N2O3/c1-10(9-19-2)7-13-15-11-5-3-4-6-12(11)16(13)8-14(17)18/h3-6,10H,7-9H2,1-2H3,(H,17,18). The summed E-state index contributed by atoms with van der Waals surface area (Å²) in [7, 11) is 1.66. The molecule has 1 aromatic carbocycles. The maximum Gasteiger partial charge on any atom is 0.323 e. The molecular weight excluding hydrogens is 244 g/mol. The van der Waals surface area contributed by atoms with Gasteiger partial charge in [-0.1, -0.05) is 19.1 Å². The van der Waals surface area contributed by atoms with Gasteiger partial charge in [-0.2, -0.15) is 0 Å². The fraction of sp³-hybridized carbons (Fsp3) is 0.429. The molecule has 1 aromatic heterocycles. The number of benzene rings is 1. The van der Waals surface area contributed by atoms with E-state index in [-0.39, 0.29) is 6.54 Å². The molecule has 0 radical (unpaired) electrons. The first-order valence-electron chi connectivity index (χ1n) is 6.26. The van der Waals surface area contributed by atoms with Crippen molar-refractivity contribution in [3.8, 4) is 0 Å². The van der Waals surface area contributed by atoms with Crippen molar-refractivity contribution in [2.24, 2.45) is 5.92 Å². The number of para-hydroxylation sites is 2. The summed E-state index contributed by atoms with van der Waals surface area (Å²) in [5.41, 5.74) is 1.70. The SMILES string of the molecule is COCC(C)Cc1nc2ccccc2n1CC(=O)O. The van der Waals surface area contributed by atoms with Gasteiger partial charge in [0.05, 0.1) is 11.0 Å². The van der Waals surface area contributed by atoms with Crippen LogP contribution in [0.2, 0.25) is 0 Å². The van der Waals surface area contributed by atoms with Gasteiger partial charge in [-0.05, 0) is 18.1 Å². The number of hydrogen-bond acceptors (Lipinski definition) is 3. The lowest BCUT2D eigenvalue weighted by Crippen LogP contribution is -2.15. The van der Waals surface area contributed by atoms with E-state index in [1.165, 1.54) is 0 Å². The van der Waals surface area contributed by atoms with Gasteiger partial charge in [-0.3, -0.25) is 4.79 Å². The summed E-state index contributed by atoms with van der Waals surface area (Å²) in [6.07, 6.45) is 0.704. The highest BCUT2D eigenvalue weighted by atomic mass is 16.5. The van der Waals surface area contributed by atoms with Crippen LogP contribution in [0.15, 0.2) is 24.3 Å². The number of carbonyl (C=O) groups is 1. The van der Waals surface area contributed by atoms with E-state index in [0.717, 1.165) is 16.9 Å². The lowest BCUT2D eigenvalue weighted by atomic mass is 10.1. The minimum atomic E-state index is -0.858. The lowest BCUT2D eigenvalue weighted by molar-refractivity contribution is -0.137. The van der Waals surface area contributed by atoms with E-state index in [1.54, 1.807) is 11.7 Å². The Morgan fingerprint density at radius 2 is 2.21 bits per heavy atom. The van der Waals surface area contributed by atoms with Crippen molar-refractivity contribution in [3.05, 3.63) is 30.1 Å². The number of fused-ring (bicyclic) bond motifs is 1. The third-order valence-electron chi connectivity index (χ3n) is 3.01. The van der Waals surface area contributed by atoms with E-state index in [9.17, 15) is 4.79 Å². The van der Waals surface area contributed by atoms with Crippen LogP contribution in [-0.2, 0) is 22.5 Å². The van der Waals surface area contributed by atoms with Gasteiger partial charge < -0.3 is 14.4 Å². The molecule has 0 aliphatic carbocycles. The second-order valence-corrected chi connectivity index (χ2v) is 4.76. The number of aliphatic carboxylic acids is 1. The molecule has 0 saturated heterocycles. The monoisotopic (exact) mass is 262 g/mol. The Kier molecular flexibility index (Phi) is 4.16. The average Bonchev–Trinajstić information content (AvgIpc) is 2.67. The van der Waals surface area contributed by atoms with E-state index < -0.39 is 5.97 Å². The third-order valence-corrected chi connectivity index (χ3v) is 3.01. The van der Waals surface area contributed by atoms with Crippen molar-refractivity contribution in [2.75, 3.05) is 13.7 Å². The molecule has 1 atom stereocenters. The van der Waals surface area contributed by atoms with Crippen LogP contribution in [0.3, 0.4) is 0 Å². The minimum Gasteiger partial charge on any atom is -0.480 e. The highest BCUT2D eigenvalue weighted by molar-refractivity contribution is 5.78. The Morgan fingerprint density at radius 3 is 2.89 bits per heavy atom. The van der Waals surface area contributed by atoms with Crippen LogP contribution in [0.1, 0.15) is 12.7 Å². The summed E-state index contributed by atoms with van der Waals surface area (Å²) >= 11 is 0. The number of imidazole rings is 1. The molecular formula is C14H18N2O3. The number of nitrogens with zero attached hydrogens (tertiary/aromatic N) is 2. The summed E-state index contributed by atoms with van der Waals surface area (Å²) in [6.45, 7) is 2.64. The average molecular weight is 262 g/mol. The molecule has 0 bridgehead atoms. The number of ether oxygens (including phenoxy) is 1. The van der Waals surface area contributed by atoms with Crippen molar-refractivity contribution in [1.29, 1.82) is 0 Å². The molecule has 1 heterocycles. The van der Waals surface area contributed by atoms with Gasteiger partial charge >= 0.3 is 5.97 Å². The zero-order valence-electron chi connectivity index (χ0n) is 11.2. The normalized spacial score (nSPS) is 12.7. The van der Waals surface area contributed by atoms with Gasteiger partial charge in [0.15, 0.2) is 0 Å². The first-order chi connectivity index (χ1) is 9.11. The van der Waals surface area contributed by atoms with Crippen LogP contribution in [0.5, 0.6) is 0 Å². The zero-order valence-corrected chi connectivity index (χ0v) is 11.2. The van der Waals surface area contributed by atoms with Gasteiger partial charge in [-0.15, -0.1) is 0 Å². The van der Waals surface area contributed by atoms with Gasteiger partial charge in [0, 0.05) is 20.1 Å². The highest BCUT2D eigenvalue weighted by Gasteiger charge is 2.15. The largest absolute Gasteiger partial charge is 0.480 e. The van der Waals surface area contributed by atoms with E-state index >= 15 is 0 Å². The van der Waals surface area contributed by atoms with Gasteiger partial charge in [0.1, 0.15) is 12.4 Å². The molecule has 0 aliphatic heterocycles. The molecule has 5 heteroatoms. The molecule has 5 nitrogen and oxygen atoms in total. The quantitative estimate of drug-likeness (QED) is 0.864. The number of rotatable bonds is 6. The summed E-state index contributed by atoms with van der Waals surface area (Å²) in [5.74, 6) is 0.242. The predicted octanol–water partition coefficient (Wildman–Crippen LogP) is 1.95. The molecule has 0 amide bonds. The molecule has 19 heavy (non-hydrogen) atoms. The Morgan fingerprint density at radius 1 is 1.47 bits per heavy atom. The Bertz CT molecular complexity index is 577.